The maximum Gasteiger partial charge on any atom is 0.276 e. The number of aromatic nitrogens is 4. The van der Waals surface area contributed by atoms with Crippen molar-refractivity contribution in [2.75, 3.05) is 31.1 Å². The number of anilines is 1. The number of hydrogen-bond donors (Lipinski definition) is 0. The third-order valence-electron chi connectivity index (χ3n) is 4.80. The SMILES string of the molecule is Cc1nn(-c2cccc(Cl)c2)nc1C(=O)N1CCN(c2ncccc2C#N)CC1. The minimum atomic E-state index is -0.156. The predicted molar refractivity (Wildman–Crippen MR) is 108 cm³/mol. The van der Waals surface area contributed by atoms with Gasteiger partial charge < -0.3 is 9.80 Å². The lowest BCUT2D eigenvalue weighted by molar-refractivity contribution is 0.0739. The second-order valence-corrected chi connectivity index (χ2v) is 7.11. The topological polar surface area (TPSA) is 90.9 Å². The highest BCUT2D eigenvalue weighted by atomic mass is 35.5. The van der Waals surface area contributed by atoms with Gasteiger partial charge in [0, 0.05) is 37.4 Å². The molecule has 0 radical (unpaired) electrons. The lowest BCUT2D eigenvalue weighted by atomic mass is 10.2. The third-order valence-corrected chi connectivity index (χ3v) is 5.03. The smallest absolute Gasteiger partial charge is 0.276 e. The van der Waals surface area contributed by atoms with E-state index in [-0.39, 0.29) is 5.91 Å². The number of aryl methyl sites for hydroxylation is 1. The quantitative estimate of drug-likeness (QED) is 0.662. The van der Waals surface area contributed by atoms with E-state index in [4.69, 9.17) is 11.6 Å². The minimum absolute atomic E-state index is 0.156. The molecule has 0 aliphatic carbocycles. The summed E-state index contributed by atoms with van der Waals surface area (Å²) in [6.07, 6.45) is 1.67. The van der Waals surface area contributed by atoms with Gasteiger partial charge >= 0.3 is 0 Å². The Morgan fingerprint density at radius 1 is 1.14 bits per heavy atom. The molecular formula is C20H18ClN7O. The van der Waals surface area contributed by atoms with E-state index in [1.54, 1.807) is 42.3 Å². The summed E-state index contributed by atoms with van der Waals surface area (Å²) in [5.41, 5.74) is 2.12. The van der Waals surface area contributed by atoms with Gasteiger partial charge in [-0.2, -0.15) is 15.2 Å². The van der Waals surface area contributed by atoms with Crippen LogP contribution in [-0.2, 0) is 0 Å². The first-order chi connectivity index (χ1) is 14.1. The number of pyridine rings is 1. The number of rotatable bonds is 3. The van der Waals surface area contributed by atoms with Crippen LogP contribution in [0.5, 0.6) is 0 Å². The Kier molecular flexibility index (Phi) is 5.14. The van der Waals surface area contributed by atoms with Crippen molar-refractivity contribution in [1.82, 2.24) is 24.9 Å². The highest BCUT2D eigenvalue weighted by molar-refractivity contribution is 6.30. The number of nitrogens with zero attached hydrogens (tertiary/aromatic N) is 7. The van der Waals surface area contributed by atoms with Crippen LogP contribution in [-0.4, -0.2) is 57.0 Å². The third kappa shape index (κ3) is 3.77. The van der Waals surface area contributed by atoms with Gasteiger partial charge in [-0.1, -0.05) is 17.7 Å². The molecule has 4 rings (SSSR count). The van der Waals surface area contributed by atoms with Gasteiger partial charge in [-0.25, -0.2) is 4.98 Å². The van der Waals surface area contributed by atoms with Crippen molar-refractivity contribution in [3.63, 3.8) is 0 Å². The summed E-state index contributed by atoms with van der Waals surface area (Å²) < 4.78 is 0. The molecule has 1 aliphatic rings. The van der Waals surface area contributed by atoms with Crippen LogP contribution in [0.1, 0.15) is 21.7 Å². The first-order valence-corrected chi connectivity index (χ1v) is 9.54. The summed E-state index contributed by atoms with van der Waals surface area (Å²) in [4.78, 5) is 22.5. The van der Waals surface area contributed by atoms with Crippen molar-refractivity contribution in [3.8, 4) is 11.8 Å². The summed E-state index contributed by atoms with van der Waals surface area (Å²) in [5.74, 6) is 0.502. The number of hydrogen-bond acceptors (Lipinski definition) is 6. The summed E-state index contributed by atoms with van der Waals surface area (Å²) in [6.45, 7) is 4.00. The van der Waals surface area contributed by atoms with Gasteiger partial charge in [0.1, 0.15) is 11.9 Å². The molecule has 0 N–H and O–H groups in total. The van der Waals surface area contributed by atoms with Crippen LogP contribution in [0.4, 0.5) is 5.82 Å². The maximum atomic E-state index is 13.0. The molecule has 8 nitrogen and oxygen atoms in total. The van der Waals surface area contributed by atoms with Crippen LogP contribution in [0.2, 0.25) is 5.02 Å². The van der Waals surface area contributed by atoms with Gasteiger partial charge in [0.2, 0.25) is 0 Å². The number of nitriles is 1. The standard InChI is InChI=1S/C20H18ClN7O/c1-14-18(25-28(24-14)17-6-2-5-16(21)12-17)20(29)27-10-8-26(9-11-27)19-15(13-22)4-3-7-23-19/h2-7,12H,8-11H2,1H3. The van der Waals surface area contributed by atoms with Gasteiger partial charge in [0.15, 0.2) is 5.69 Å². The van der Waals surface area contributed by atoms with Crippen LogP contribution < -0.4 is 4.90 Å². The number of carbonyl (C=O) groups is 1. The van der Waals surface area contributed by atoms with Crippen molar-refractivity contribution in [1.29, 1.82) is 5.26 Å². The van der Waals surface area contributed by atoms with E-state index in [1.807, 2.05) is 17.0 Å². The molecule has 0 atom stereocenters. The van der Waals surface area contributed by atoms with E-state index in [2.05, 4.69) is 21.3 Å². The zero-order valence-electron chi connectivity index (χ0n) is 15.8. The second kappa shape index (κ2) is 7.89. The fraction of sp³-hybridized carbons (Fsp3) is 0.250. The Morgan fingerprint density at radius 2 is 1.93 bits per heavy atom. The second-order valence-electron chi connectivity index (χ2n) is 6.67. The van der Waals surface area contributed by atoms with E-state index in [0.717, 1.165) is 0 Å². The van der Waals surface area contributed by atoms with Gasteiger partial charge in [-0.3, -0.25) is 4.79 Å². The first kappa shape index (κ1) is 18.9. The number of halogens is 1. The average molecular weight is 408 g/mol. The predicted octanol–water partition coefficient (Wildman–Crippen LogP) is 2.46. The molecule has 0 saturated carbocycles. The number of amides is 1. The molecular weight excluding hydrogens is 390 g/mol. The molecule has 1 amide bonds. The molecule has 2 aromatic heterocycles. The van der Waals surface area contributed by atoms with Gasteiger partial charge in [0.25, 0.3) is 5.91 Å². The number of piperazine rings is 1. The Morgan fingerprint density at radius 3 is 2.66 bits per heavy atom. The van der Waals surface area contributed by atoms with E-state index in [9.17, 15) is 10.1 Å². The van der Waals surface area contributed by atoms with Crippen LogP contribution in [0.15, 0.2) is 42.6 Å². The van der Waals surface area contributed by atoms with Crippen molar-refractivity contribution in [2.24, 2.45) is 0 Å². The van der Waals surface area contributed by atoms with Crippen molar-refractivity contribution in [3.05, 3.63) is 64.6 Å². The maximum absolute atomic E-state index is 13.0. The van der Waals surface area contributed by atoms with Crippen LogP contribution in [0, 0.1) is 18.3 Å². The van der Waals surface area contributed by atoms with Crippen LogP contribution in [0.25, 0.3) is 5.69 Å². The molecule has 1 fully saturated rings. The Bertz CT molecular complexity index is 1100. The molecule has 1 saturated heterocycles. The Balaban J connectivity index is 1.48. The zero-order chi connectivity index (χ0) is 20.4. The van der Waals surface area contributed by atoms with E-state index in [0.29, 0.717) is 59.7 Å². The van der Waals surface area contributed by atoms with Crippen molar-refractivity contribution in [2.45, 2.75) is 6.92 Å². The van der Waals surface area contributed by atoms with Gasteiger partial charge in [-0.15, -0.1) is 5.10 Å². The van der Waals surface area contributed by atoms with E-state index in [1.165, 1.54) is 4.80 Å². The summed E-state index contributed by atoms with van der Waals surface area (Å²) in [7, 11) is 0. The lowest BCUT2D eigenvalue weighted by Gasteiger charge is -2.35. The fourth-order valence-corrected chi connectivity index (χ4v) is 3.48. The molecule has 1 aliphatic heterocycles. The molecule has 0 unspecified atom stereocenters. The largest absolute Gasteiger partial charge is 0.352 e. The molecule has 146 valence electrons. The molecule has 1 aromatic carbocycles. The van der Waals surface area contributed by atoms with Crippen LogP contribution in [0.3, 0.4) is 0 Å². The Labute approximate surface area is 172 Å². The molecule has 29 heavy (non-hydrogen) atoms. The fourth-order valence-electron chi connectivity index (χ4n) is 3.30. The van der Waals surface area contributed by atoms with Gasteiger partial charge in [-0.05, 0) is 37.3 Å². The average Bonchev–Trinajstić information content (AvgIpc) is 3.15. The molecule has 3 heterocycles. The lowest BCUT2D eigenvalue weighted by Crippen LogP contribution is -2.49. The normalized spacial score (nSPS) is 14.0. The van der Waals surface area contributed by atoms with Crippen molar-refractivity contribution < 1.29 is 4.79 Å². The van der Waals surface area contributed by atoms with Gasteiger partial charge in [0.05, 0.1) is 16.9 Å². The zero-order valence-corrected chi connectivity index (χ0v) is 16.5. The monoisotopic (exact) mass is 407 g/mol. The summed E-state index contributed by atoms with van der Waals surface area (Å²) in [5, 5.41) is 18.6. The first-order valence-electron chi connectivity index (χ1n) is 9.16. The Hall–Kier alpha value is -3.44. The molecule has 3 aromatic rings. The molecule has 9 heteroatoms. The molecule has 0 spiro atoms. The van der Waals surface area contributed by atoms with E-state index < -0.39 is 0 Å². The van der Waals surface area contributed by atoms with E-state index >= 15 is 0 Å². The highest BCUT2D eigenvalue weighted by Gasteiger charge is 2.27. The number of carbonyl (C=O) groups excluding carboxylic acids is 1. The molecule has 0 bridgehead atoms. The van der Waals surface area contributed by atoms with Crippen LogP contribution >= 0.6 is 11.6 Å². The minimum Gasteiger partial charge on any atom is -0.352 e. The number of benzene rings is 1. The summed E-state index contributed by atoms with van der Waals surface area (Å²) in [6, 6.07) is 12.8. The summed E-state index contributed by atoms with van der Waals surface area (Å²) >= 11 is 6.04. The highest BCUT2D eigenvalue weighted by Crippen LogP contribution is 2.20. The van der Waals surface area contributed by atoms with Crippen molar-refractivity contribution >= 4 is 23.3 Å².